The number of benzene rings is 1. The average Bonchev–Trinajstić information content (AvgIpc) is 3.41. The van der Waals surface area contributed by atoms with Crippen LogP contribution in [0.1, 0.15) is 57.2 Å². The van der Waals surface area contributed by atoms with Crippen molar-refractivity contribution in [2.45, 2.75) is 47.0 Å². The number of nitrogens with one attached hydrogen (secondary N) is 3. The van der Waals surface area contributed by atoms with Crippen molar-refractivity contribution < 1.29 is 0 Å². The van der Waals surface area contributed by atoms with Crippen molar-refractivity contribution in [3.05, 3.63) is 77.9 Å². The maximum absolute atomic E-state index is 8.29. The average molecular weight is 489 g/mol. The maximum Gasteiger partial charge on any atom is 0.170 e. The minimum Gasteiger partial charge on any atom is -0.390 e. The van der Waals surface area contributed by atoms with Gasteiger partial charge in [-0.3, -0.25) is 5.41 Å². The Morgan fingerprint density at radius 1 is 1.31 bits per heavy atom. The smallest absolute Gasteiger partial charge is 0.170 e. The van der Waals surface area contributed by atoms with Gasteiger partial charge >= 0.3 is 0 Å². The number of fused-ring (bicyclic) bond motifs is 1. The molecule has 8 nitrogen and oxygen atoms in total. The first kappa shape index (κ1) is 28.3. The molecular formula is C28H40N8. The van der Waals surface area contributed by atoms with Crippen molar-refractivity contribution in [1.29, 1.82) is 5.41 Å². The van der Waals surface area contributed by atoms with Crippen molar-refractivity contribution in [3.8, 4) is 11.1 Å². The Labute approximate surface area is 214 Å². The summed E-state index contributed by atoms with van der Waals surface area (Å²) in [4.78, 5) is 11.8. The van der Waals surface area contributed by atoms with Crippen molar-refractivity contribution in [3.63, 3.8) is 0 Å². The molecule has 0 aliphatic carbocycles. The topological polar surface area (TPSA) is 134 Å². The Morgan fingerprint density at radius 3 is 2.69 bits per heavy atom. The third-order valence-electron chi connectivity index (χ3n) is 5.67. The van der Waals surface area contributed by atoms with Gasteiger partial charge in [-0.1, -0.05) is 56.4 Å². The Balaban J connectivity index is 0.000000493. The number of rotatable bonds is 9. The molecule has 0 spiro atoms. The van der Waals surface area contributed by atoms with Gasteiger partial charge in [0.15, 0.2) is 5.84 Å². The number of aryl methyl sites for hydroxylation is 1. The lowest BCUT2D eigenvalue weighted by atomic mass is 10.0. The zero-order chi connectivity index (χ0) is 26.7. The van der Waals surface area contributed by atoms with Crippen LogP contribution in [-0.4, -0.2) is 39.9 Å². The van der Waals surface area contributed by atoms with Crippen LogP contribution in [0.5, 0.6) is 0 Å². The highest BCUT2D eigenvalue weighted by Crippen LogP contribution is 2.31. The molecule has 3 aromatic rings. The molecule has 0 radical (unpaired) electrons. The van der Waals surface area contributed by atoms with Crippen molar-refractivity contribution >= 4 is 23.2 Å². The molecule has 0 aliphatic rings. The summed E-state index contributed by atoms with van der Waals surface area (Å²) in [5.41, 5.74) is 12.0. The first-order chi connectivity index (χ1) is 17.2. The van der Waals surface area contributed by atoms with Crippen LogP contribution in [0.25, 0.3) is 22.2 Å². The molecule has 0 saturated heterocycles. The number of amidine groups is 1. The van der Waals surface area contributed by atoms with Crippen LogP contribution in [-0.2, 0) is 0 Å². The van der Waals surface area contributed by atoms with Gasteiger partial charge in [0.05, 0.1) is 23.1 Å². The van der Waals surface area contributed by atoms with E-state index < -0.39 is 0 Å². The fourth-order valence-electron chi connectivity index (χ4n) is 3.65. The van der Waals surface area contributed by atoms with Crippen LogP contribution in [0.2, 0.25) is 0 Å². The van der Waals surface area contributed by atoms with Crippen molar-refractivity contribution in [2.24, 2.45) is 10.7 Å². The van der Waals surface area contributed by atoms with E-state index in [1.54, 1.807) is 10.8 Å². The fraction of sp³-hybridized carbons (Fsp3) is 0.321. The van der Waals surface area contributed by atoms with Crippen LogP contribution in [0.4, 0.5) is 0 Å². The molecule has 1 aromatic carbocycles. The molecule has 2 heterocycles. The lowest BCUT2D eigenvalue weighted by Gasteiger charge is -2.09. The third-order valence-corrected chi connectivity index (χ3v) is 5.67. The number of nitrogen functional groups attached to an aromatic ring is 1. The van der Waals surface area contributed by atoms with Crippen molar-refractivity contribution in [1.82, 2.24) is 20.0 Å². The molecule has 8 heteroatoms. The van der Waals surface area contributed by atoms with Gasteiger partial charge in [-0.05, 0) is 70.0 Å². The second-order valence-corrected chi connectivity index (χ2v) is 8.78. The molecule has 36 heavy (non-hydrogen) atoms. The van der Waals surface area contributed by atoms with E-state index >= 15 is 0 Å². The second kappa shape index (κ2) is 13.8. The number of aromatic amines is 1. The summed E-state index contributed by atoms with van der Waals surface area (Å²) in [5, 5.41) is 11.6. The summed E-state index contributed by atoms with van der Waals surface area (Å²) in [7, 11) is 0. The van der Waals surface area contributed by atoms with E-state index in [0.29, 0.717) is 11.6 Å². The Morgan fingerprint density at radius 2 is 2.06 bits per heavy atom. The Bertz CT molecular complexity index is 1250. The van der Waals surface area contributed by atoms with Gasteiger partial charge in [-0.15, -0.1) is 0 Å². The zero-order valence-electron chi connectivity index (χ0n) is 22.1. The summed E-state index contributed by atoms with van der Waals surface area (Å²) in [6.45, 7) is 15.7. The molecule has 1 atom stereocenters. The standard InChI is InChI=1S/C20H28N8.C8H12/c1-4-24-8-7-12(2)17-10-15(19(27-17)20(22)25-11-21)14-5-6-16-18(9-14)28(23)13(3)26-16;1-4-5-6-7-8(2)3/h5-6,9-12,24,27H,4,7-8,23H2,1-3H3,(H3,21,22,25);4-7H,1H2,2-3H3/b;6-5-. The third kappa shape index (κ3) is 7.55. The predicted octanol–water partition coefficient (Wildman–Crippen LogP) is 5.16. The number of H-pyrrole nitrogens is 1. The lowest BCUT2D eigenvalue weighted by molar-refractivity contribution is 0.600. The van der Waals surface area contributed by atoms with E-state index in [9.17, 15) is 0 Å². The van der Waals surface area contributed by atoms with Gasteiger partial charge in [0, 0.05) is 11.3 Å². The fourth-order valence-corrected chi connectivity index (χ4v) is 3.65. The van der Waals surface area contributed by atoms with Crippen LogP contribution >= 0.6 is 0 Å². The van der Waals surface area contributed by atoms with E-state index in [1.807, 2.05) is 43.4 Å². The highest BCUT2D eigenvalue weighted by atomic mass is 15.3. The maximum atomic E-state index is 8.29. The minimum absolute atomic E-state index is 0.0974. The van der Waals surface area contributed by atoms with E-state index in [2.05, 4.69) is 60.6 Å². The minimum atomic E-state index is 0.0974. The lowest BCUT2D eigenvalue weighted by Crippen LogP contribution is -2.16. The molecule has 0 aliphatic heterocycles. The van der Waals surface area contributed by atoms with Gasteiger partial charge < -0.3 is 21.9 Å². The molecular weight excluding hydrogens is 448 g/mol. The SMILES string of the molecule is C=C/C=C\C=C(C)C.CCNCCC(C)c1cc(-c2ccc3nc(C)n(N)c3c2)c(C(=N)N=CN)[nH]1. The summed E-state index contributed by atoms with van der Waals surface area (Å²) >= 11 is 0. The van der Waals surface area contributed by atoms with E-state index in [-0.39, 0.29) is 5.84 Å². The van der Waals surface area contributed by atoms with Gasteiger partial charge in [-0.25, -0.2) is 14.7 Å². The van der Waals surface area contributed by atoms with Crippen LogP contribution in [0.15, 0.2) is 65.7 Å². The van der Waals surface area contributed by atoms with E-state index in [1.165, 1.54) is 5.57 Å². The molecule has 192 valence electrons. The van der Waals surface area contributed by atoms with Gasteiger partial charge in [-0.2, -0.15) is 0 Å². The van der Waals surface area contributed by atoms with E-state index in [0.717, 1.165) is 59.5 Å². The van der Waals surface area contributed by atoms with Crippen LogP contribution in [0, 0.1) is 12.3 Å². The highest BCUT2D eigenvalue weighted by Gasteiger charge is 2.18. The quantitative estimate of drug-likeness (QED) is 0.0934. The van der Waals surface area contributed by atoms with Gasteiger partial charge in [0.1, 0.15) is 5.82 Å². The van der Waals surface area contributed by atoms with Crippen LogP contribution in [0.3, 0.4) is 0 Å². The number of nitrogens with zero attached hydrogens (tertiary/aromatic N) is 3. The number of allylic oxidation sites excluding steroid dienone is 5. The normalized spacial score (nSPS) is 12.0. The monoisotopic (exact) mass is 488 g/mol. The number of hydrogen-bond donors (Lipinski definition) is 5. The van der Waals surface area contributed by atoms with Crippen molar-refractivity contribution in [2.75, 3.05) is 18.9 Å². The highest BCUT2D eigenvalue weighted by molar-refractivity contribution is 6.05. The predicted molar refractivity (Wildman–Crippen MR) is 154 cm³/mol. The largest absolute Gasteiger partial charge is 0.390 e. The summed E-state index contributed by atoms with van der Waals surface area (Å²) < 4.78 is 1.58. The first-order valence-corrected chi connectivity index (χ1v) is 12.2. The molecule has 0 amide bonds. The zero-order valence-corrected chi connectivity index (χ0v) is 22.1. The molecule has 3 rings (SSSR count). The molecule has 0 bridgehead atoms. The number of aliphatic imine (C=N–C) groups is 1. The number of imidazole rings is 1. The summed E-state index contributed by atoms with van der Waals surface area (Å²) in [6.07, 6.45) is 9.83. The molecule has 1 unspecified atom stereocenters. The Kier molecular flexibility index (Phi) is 10.9. The van der Waals surface area contributed by atoms with Gasteiger partial charge in [0.2, 0.25) is 0 Å². The summed E-state index contributed by atoms with van der Waals surface area (Å²) in [5.74, 6) is 7.27. The summed E-state index contributed by atoms with van der Waals surface area (Å²) in [6, 6.07) is 8.03. The molecule has 2 aromatic heterocycles. The van der Waals surface area contributed by atoms with Crippen LogP contribution < -0.4 is 16.9 Å². The number of nitrogens with two attached hydrogens (primary N) is 2. The van der Waals surface area contributed by atoms with Gasteiger partial charge in [0.25, 0.3) is 0 Å². The number of hydrogen-bond acceptors (Lipinski definition) is 4. The van der Waals surface area contributed by atoms with E-state index in [4.69, 9.17) is 17.0 Å². The molecule has 7 N–H and O–H groups in total. The number of aromatic nitrogens is 3. The molecule has 0 fully saturated rings. The second-order valence-electron chi connectivity index (χ2n) is 8.78. The Hall–Kier alpha value is -3.91. The molecule has 0 saturated carbocycles. The first-order valence-electron chi connectivity index (χ1n) is 12.2.